The highest BCUT2D eigenvalue weighted by molar-refractivity contribution is 6.03. The van der Waals surface area contributed by atoms with Crippen molar-refractivity contribution < 1.29 is 14.3 Å². The number of rotatable bonds is 4. The van der Waals surface area contributed by atoms with Crippen LogP contribution in [0, 0.1) is 0 Å². The maximum Gasteiger partial charge on any atom is 0.313 e. The number of nitrogens with one attached hydrogen (secondary N) is 1. The Balaban J connectivity index is 2.12. The lowest BCUT2D eigenvalue weighted by atomic mass is 10.2. The number of pyridine rings is 1. The molecule has 7 heteroatoms. The van der Waals surface area contributed by atoms with Crippen LogP contribution in [0.3, 0.4) is 0 Å². The molecule has 3 N–H and O–H groups in total. The summed E-state index contributed by atoms with van der Waals surface area (Å²) in [4.78, 5) is 28.7. The van der Waals surface area contributed by atoms with E-state index in [9.17, 15) is 9.59 Å². The Labute approximate surface area is 110 Å². The molecule has 2 rings (SSSR count). The van der Waals surface area contributed by atoms with E-state index in [-0.39, 0.29) is 5.91 Å². The first-order chi connectivity index (χ1) is 8.98. The van der Waals surface area contributed by atoms with Crippen molar-refractivity contribution in [3.63, 3.8) is 0 Å². The van der Waals surface area contributed by atoms with E-state index in [1.165, 1.54) is 18.2 Å². The molecule has 7 nitrogen and oxygen atoms in total. The maximum absolute atomic E-state index is 12.3. The van der Waals surface area contributed by atoms with Crippen molar-refractivity contribution in [2.24, 2.45) is 5.73 Å². The van der Waals surface area contributed by atoms with E-state index < -0.39 is 11.6 Å². The molecule has 0 atom stereocenters. The number of carbonyl (C=O) groups excluding carboxylic acids is 2. The Hall–Kier alpha value is -2.31. The SMILES string of the molecule is COc1ccc(N(C)C(=O)C2(NC(N)=O)CC2)cn1. The van der Waals surface area contributed by atoms with Crippen LogP contribution in [0.1, 0.15) is 12.8 Å². The smallest absolute Gasteiger partial charge is 0.313 e. The minimum atomic E-state index is -0.847. The molecule has 1 aromatic heterocycles. The molecule has 0 spiro atoms. The fourth-order valence-corrected chi connectivity index (χ4v) is 1.88. The number of anilines is 1. The molecule has 0 aromatic carbocycles. The summed E-state index contributed by atoms with van der Waals surface area (Å²) in [5, 5.41) is 2.51. The highest BCUT2D eigenvalue weighted by Gasteiger charge is 2.52. The number of urea groups is 1. The first kappa shape index (κ1) is 13.1. The zero-order chi connectivity index (χ0) is 14.0. The zero-order valence-electron chi connectivity index (χ0n) is 10.8. The third kappa shape index (κ3) is 2.59. The Morgan fingerprint density at radius 2 is 2.16 bits per heavy atom. The minimum absolute atomic E-state index is 0.196. The van der Waals surface area contributed by atoms with Crippen molar-refractivity contribution in [2.45, 2.75) is 18.4 Å². The van der Waals surface area contributed by atoms with Crippen LogP contribution in [0.15, 0.2) is 18.3 Å². The molecule has 0 radical (unpaired) electrons. The molecular weight excluding hydrogens is 248 g/mol. The number of primary amides is 1. The van der Waals surface area contributed by atoms with Crippen molar-refractivity contribution in [1.29, 1.82) is 0 Å². The molecule has 3 amide bonds. The second kappa shape index (κ2) is 4.75. The maximum atomic E-state index is 12.3. The van der Waals surface area contributed by atoms with Crippen molar-refractivity contribution >= 4 is 17.6 Å². The van der Waals surface area contributed by atoms with E-state index in [2.05, 4.69) is 10.3 Å². The summed E-state index contributed by atoms with van der Waals surface area (Å²) in [6, 6.07) is 2.71. The number of amides is 3. The van der Waals surface area contributed by atoms with Gasteiger partial charge < -0.3 is 20.7 Å². The normalized spacial score (nSPS) is 15.5. The fraction of sp³-hybridized carbons (Fsp3) is 0.417. The molecule has 0 unspecified atom stereocenters. The van der Waals surface area contributed by atoms with Gasteiger partial charge in [-0.3, -0.25) is 4.79 Å². The molecule has 1 aliphatic rings. The van der Waals surface area contributed by atoms with Crippen molar-refractivity contribution in [3.05, 3.63) is 18.3 Å². The summed E-state index contributed by atoms with van der Waals surface area (Å²) in [5.74, 6) is 0.277. The predicted molar refractivity (Wildman–Crippen MR) is 68.9 cm³/mol. The Morgan fingerprint density at radius 1 is 1.47 bits per heavy atom. The standard InChI is InChI=1S/C12H16N4O3/c1-16(8-3-4-9(19-2)14-7-8)10(17)12(5-6-12)15-11(13)18/h3-4,7H,5-6H2,1-2H3,(H3,13,15,18). The molecule has 1 heterocycles. The predicted octanol–water partition coefficient (Wildman–Crippen LogP) is 0.254. The fourth-order valence-electron chi connectivity index (χ4n) is 1.88. The van der Waals surface area contributed by atoms with E-state index in [0.717, 1.165) is 0 Å². The summed E-state index contributed by atoms with van der Waals surface area (Å²) in [5.41, 5.74) is 4.86. The summed E-state index contributed by atoms with van der Waals surface area (Å²) >= 11 is 0. The first-order valence-corrected chi connectivity index (χ1v) is 5.84. The number of nitrogens with two attached hydrogens (primary N) is 1. The van der Waals surface area contributed by atoms with E-state index in [4.69, 9.17) is 10.5 Å². The molecule has 0 bridgehead atoms. The Morgan fingerprint density at radius 3 is 2.58 bits per heavy atom. The number of hydrogen-bond donors (Lipinski definition) is 2. The van der Waals surface area contributed by atoms with Gasteiger partial charge in [-0.15, -0.1) is 0 Å². The number of ether oxygens (including phenoxy) is 1. The molecule has 1 saturated carbocycles. The second-order valence-corrected chi connectivity index (χ2v) is 4.49. The van der Waals surface area contributed by atoms with E-state index >= 15 is 0 Å². The lowest BCUT2D eigenvalue weighted by Gasteiger charge is -2.23. The Bertz CT molecular complexity index is 496. The average Bonchev–Trinajstić information content (AvgIpc) is 3.17. The monoisotopic (exact) mass is 264 g/mol. The number of likely N-dealkylation sites (N-methyl/N-ethyl adjacent to an activating group) is 1. The van der Waals surface area contributed by atoms with Crippen molar-refractivity contribution in [1.82, 2.24) is 10.3 Å². The molecule has 0 aliphatic heterocycles. The van der Waals surface area contributed by atoms with Gasteiger partial charge in [0.1, 0.15) is 5.54 Å². The third-order valence-electron chi connectivity index (χ3n) is 3.14. The van der Waals surface area contributed by atoms with E-state index in [1.807, 2.05) is 0 Å². The van der Waals surface area contributed by atoms with Crippen LogP contribution in [-0.4, -0.2) is 36.6 Å². The van der Waals surface area contributed by atoms with Gasteiger partial charge >= 0.3 is 6.03 Å². The second-order valence-electron chi connectivity index (χ2n) is 4.49. The van der Waals surface area contributed by atoms with Crippen LogP contribution < -0.4 is 20.7 Å². The highest BCUT2D eigenvalue weighted by atomic mass is 16.5. The number of aromatic nitrogens is 1. The van der Waals surface area contributed by atoms with Gasteiger partial charge in [0.05, 0.1) is 19.0 Å². The lowest BCUT2D eigenvalue weighted by molar-refractivity contribution is -0.121. The van der Waals surface area contributed by atoms with E-state index in [0.29, 0.717) is 24.4 Å². The number of nitrogens with zero attached hydrogens (tertiary/aromatic N) is 2. The molecule has 1 aliphatic carbocycles. The van der Waals surface area contributed by atoms with Crippen LogP contribution in [0.4, 0.5) is 10.5 Å². The quantitative estimate of drug-likeness (QED) is 0.814. The molecule has 102 valence electrons. The highest BCUT2D eigenvalue weighted by Crippen LogP contribution is 2.37. The van der Waals surface area contributed by atoms with Crippen molar-refractivity contribution in [2.75, 3.05) is 19.1 Å². The first-order valence-electron chi connectivity index (χ1n) is 5.84. The average molecular weight is 264 g/mol. The van der Waals surface area contributed by atoms with Crippen molar-refractivity contribution in [3.8, 4) is 5.88 Å². The van der Waals surface area contributed by atoms with E-state index in [1.54, 1.807) is 19.2 Å². The summed E-state index contributed by atoms with van der Waals surface area (Å²) < 4.78 is 4.95. The summed E-state index contributed by atoms with van der Waals surface area (Å²) in [7, 11) is 3.15. The van der Waals surface area contributed by atoms with Crippen LogP contribution in [0.5, 0.6) is 5.88 Å². The molecule has 0 saturated heterocycles. The van der Waals surface area contributed by atoms with Gasteiger partial charge in [-0.25, -0.2) is 9.78 Å². The van der Waals surface area contributed by atoms with Gasteiger partial charge in [0.2, 0.25) is 5.88 Å². The van der Waals surface area contributed by atoms with Gasteiger partial charge in [0.15, 0.2) is 0 Å². The van der Waals surface area contributed by atoms with Gasteiger partial charge in [-0.1, -0.05) is 0 Å². The molecular formula is C12H16N4O3. The van der Waals surface area contributed by atoms with Crippen LogP contribution in [0.25, 0.3) is 0 Å². The topological polar surface area (TPSA) is 97.5 Å². The number of carbonyl (C=O) groups is 2. The molecule has 1 fully saturated rings. The van der Waals surface area contributed by atoms with Crippen LogP contribution in [0.2, 0.25) is 0 Å². The molecule has 19 heavy (non-hydrogen) atoms. The Kier molecular flexibility index (Phi) is 3.28. The third-order valence-corrected chi connectivity index (χ3v) is 3.14. The summed E-state index contributed by atoms with van der Waals surface area (Å²) in [6.07, 6.45) is 2.74. The van der Waals surface area contributed by atoms with Gasteiger partial charge in [0, 0.05) is 13.1 Å². The minimum Gasteiger partial charge on any atom is -0.481 e. The number of methoxy groups -OCH3 is 1. The zero-order valence-corrected chi connectivity index (χ0v) is 10.8. The lowest BCUT2D eigenvalue weighted by Crippen LogP contribution is -2.51. The van der Waals surface area contributed by atoms with Gasteiger partial charge in [-0.2, -0.15) is 0 Å². The number of hydrogen-bond acceptors (Lipinski definition) is 4. The van der Waals surface area contributed by atoms with Crippen LogP contribution in [-0.2, 0) is 4.79 Å². The molecule has 1 aromatic rings. The van der Waals surface area contributed by atoms with Crippen LogP contribution >= 0.6 is 0 Å². The van der Waals surface area contributed by atoms with Gasteiger partial charge in [0.25, 0.3) is 5.91 Å². The largest absolute Gasteiger partial charge is 0.481 e. The summed E-state index contributed by atoms with van der Waals surface area (Å²) in [6.45, 7) is 0. The van der Waals surface area contributed by atoms with Gasteiger partial charge in [-0.05, 0) is 18.9 Å².